The Balaban J connectivity index is 0.00000300. The second-order valence-corrected chi connectivity index (χ2v) is 8.02. The van der Waals surface area contributed by atoms with Crippen LogP contribution in [-0.4, -0.2) is 50.3 Å². The van der Waals surface area contributed by atoms with Crippen molar-refractivity contribution in [1.29, 1.82) is 0 Å². The van der Waals surface area contributed by atoms with E-state index in [2.05, 4.69) is 70.5 Å². The van der Waals surface area contributed by atoms with E-state index in [9.17, 15) is 0 Å². The van der Waals surface area contributed by atoms with Gasteiger partial charge >= 0.3 is 0 Å². The zero-order valence-electron chi connectivity index (χ0n) is 17.4. The van der Waals surface area contributed by atoms with Gasteiger partial charge in [-0.25, -0.2) is 4.99 Å². The third-order valence-corrected chi connectivity index (χ3v) is 5.65. The Kier molecular flexibility index (Phi) is 11.0. The standard InChI is InChI=1S/C22H32N4OS.HI/c1-3-23-22(24-14-18(2)21-7-12-28-17-21)25-15-19-5-4-6-20(13-19)16-26-8-10-27-11-9-26;/h4-7,12-13,17-18H,3,8-11,14-16H2,1-2H3,(H2,23,24,25);1H. The third kappa shape index (κ3) is 8.24. The first kappa shape index (κ1) is 24.1. The second-order valence-electron chi connectivity index (χ2n) is 7.24. The fraction of sp³-hybridized carbons (Fsp3) is 0.500. The summed E-state index contributed by atoms with van der Waals surface area (Å²) in [6.07, 6.45) is 0. The minimum Gasteiger partial charge on any atom is -0.379 e. The number of ether oxygens (including phenoxy) is 1. The molecule has 7 heteroatoms. The summed E-state index contributed by atoms with van der Waals surface area (Å²) in [4.78, 5) is 7.24. The van der Waals surface area contributed by atoms with Crippen molar-refractivity contribution in [3.63, 3.8) is 0 Å². The summed E-state index contributed by atoms with van der Waals surface area (Å²) in [6.45, 7) is 11.4. The van der Waals surface area contributed by atoms with Gasteiger partial charge in [-0.05, 0) is 46.4 Å². The van der Waals surface area contributed by atoms with E-state index in [1.807, 2.05) is 0 Å². The van der Waals surface area contributed by atoms with E-state index >= 15 is 0 Å². The smallest absolute Gasteiger partial charge is 0.191 e. The number of aliphatic imine (C=N–C) groups is 1. The molecule has 2 aromatic rings. The van der Waals surface area contributed by atoms with Crippen LogP contribution in [0.25, 0.3) is 0 Å². The number of nitrogens with one attached hydrogen (secondary N) is 2. The Morgan fingerprint density at radius 2 is 2.00 bits per heavy atom. The summed E-state index contributed by atoms with van der Waals surface area (Å²) < 4.78 is 5.44. The highest BCUT2D eigenvalue weighted by Gasteiger charge is 2.11. The van der Waals surface area contributed by atoms with Crippen LogP contribution in [-0.2, 0) is 17.8 Å². The number of benzene rings is 1. The van der Waals surface area contributed by atoms with Crippen molar-refractivity contribution in [2.75, 3.05) is 39.4 Å². The number of rotatable bonds is 8. The zero-order valence-corrected chi connectivity index (χ0v) is 20.5. The molecule has 0 saturated carbocycles. The van der Waals surface area contributed by atoms with Crippen LogP contribution in [0, 0.1) is 0 Å². The summed E-state index contributed by atoms with van der Waals surface area (Å²) in [5, 5.41) is 11.2. The molecule has 0 bridgehead atoms. The molecule has 2 heterocycles. The Morgan fingerprint density at radius 3 is 2.72 bits per heavy atom. The summed E-state index contributed by atoms with van der Waals surface area (Å²) in [5.74, 6) is 1.34. The first-order valence-corrected chi connectivity index (χ1v) is 11.1. The van der Waals surface area contributed by atoms with E-state index < -0.39 is 0 Å². The Bertz CT molecular complexity index is 732. The molecule has 0 aliphatic carbocycles. The number of guanidine groups is 1. The number of halogens is 1. The molecule has 0 spiro atoms. The largest absolute Gasteiger partial charge is 0.379 e. The monoisotopic (exact) mass is 528 g/mol. The van der Waals surface area contributed by atoms with Gasteiger partial charge in [0.15, 0.2) is 5.96 Å². The van der Waals surface area contributed by atoms with E-state index in [0.29, 0.717) is 12.5 Å². The van der Waals surface area contributed by atoms with Crippen LogP contribution in [0.2, 0.25) is 0 Å². The molecule has 1 aromatic carbocycles. The molecule has 1 atom stereocenters. The zero-order chi connectivity index (χ0) is 19.6. The lowest BCUT2D eigenvalue weighted by atomic mass is 10.1. The Labute approximate surface area is 196 Å². The highest BCUT2D eigenvalue weighted by molar-refractivity contribution is 14.0. The van der Waals surface area contributed by atoms with Crippen LogP contribution in [0.3, 0.4) is 0 Å². The van der Waals surface area contributed by atoms with E-state index in [1.54, 1.807) is 11.3 Å². The maximum atomic E-state index is 5.44. The fourth-order valence-electron chi connectivity index (χ4n) is 3.28. The van der Waals surface area contributed by atoms with Gasteiger partial charge < -0.3 is 15.4 Å². The van der Waals surface area contributed by atoms with Crippen LogP contribution in [0.5, 0.6) is 0 Å². The molecule has 1 aliphatic heterocycles. The minimum atomic E-state index is 0. The highest BCUT2D eigenvalue weighted by atomic mass is 127. The predicted molar refractivity (Wildman–Crippen MR) is 134 cm³/mol. The van der Waals surface area contributed by atoms with Crippen LogP contribution in [0.1, 0.15) is 36.5 Å². The van der Waals surface area contributed by atoms with Gasteiger partial charge in [0, 0.05) is 32.7 Å². The molecular formula is C22H33IN4OS. The van der Waals surface area contributed by atoms with Gasteiger partial charge in [0.1, 0.15) is 0 Å². The number of morpholine rings is 1. The second kappa shape index (κ2) is 13.2. The van der Waals surface area contributed by atoms with Crippen LogP contribution < -0.4 is 10.6 Å². The minimum absolute atomic E-state index is 0. The molecular weight excluding hydrogens is 495 g/mol. The molecule has 0 radical (unpaired) electrons. The molecule has 1 unspecified atom stereocenters. The summed E-state index contributed by atoms with van der Waals surface area (Å²) in [5.41, 5.74) is 3.97. The topological polar surface area (TPSA) is 48.9 Å². The van der Waals surface area contributed by atoms with Crippen molar-refractivity contribution < 1.29 is 4.74 Å². The van der Waals surface area contributed by atoms with Crippen molar-refractivity contribution in [2.24, 2.45) is 4.99 Å². The van der Waals surface area contributed by atoms with Crippen LogP contribution in [0.15, 0.2) is 46.1 Å². The molecule has 0 amide bonds. The highest BCUT2D eigenvalue weighted by Crippen LogP contribution is 2.17. The fourth-order valence-corrected chi connectivity index (χ4v) is 4.06. The summed E-state index contributed by atoms with van der Waals surface area (Å²) in [6, 6.07) is 11.0. The first-order chi connectivity index (χ1) is 13.7. The number of hydrogen-bond donors (Lipinski definition) is 2. The van der Waals surface area contributed by atoms with E-state index in [4.69, 9.17) is 9.73 Å². The molecule has 160 valence electrons. The van der Waals surface area contributed by atoms with E-state index in [-0.39, 0.29) is 24.0 Å². The third-order valence-electron chi connectivity index (χ3n) is 4.95. The summed E-state index contributed by atoms with van der Waals surface area (Å²) >= 11 is 1.75. The predicted octanol–water partition coefficient (Wildman–Crippen LogP) is 4.06. The van der Waals surface area contributed by atoms with Crippen molar-refractivity contribution >= 4 is 41.3 Å². The van der Waals surface area contributed by atoms with Crippen molar-refractivity contribution in [3.05, 3.63) is 57.8 Å². The molecule has 1 aliphatic rings. The molecule has 1 saturated heterocycles. The lowest BCUT2D eigenvalue weighted by Crippen LogP contribution is -2.39. The Hall–Kier alpha value is -1.16. The van der Waals surface area contributed by atoms with Gasteiger partial charge in [0.25, 0.3) is 0 Å². The van der Waals surface area contributed by atoms with E-state index in [1.165, 1.54) is 16.7 Å². The molecule has 5 nitrogen and oxygen atoms in total. The van der Waals surface area contributed by atoms with Gasteiger partial charge in [-0.1, -0.05) is 31.2 Å². The lowest BCUT2D eigenvalue weighted by Gasteiger charge is -2.26. The average molecular weight is 529 g/mol. The van der Waals surface area contributed by atoms with Crippen LogP contribution in [0.4, 0.5) is 0 Å². The van der Waals surface area contributed by atoms with Gasteiger partial charge in [-0.2, -0.15) is 11.3 Å². The maximum Gasteiger partial charge on any atom is 0.191 e. The lowest BCUT2D eigenvalue weighted by molar-refractivity contribution is 0.0342. The van der Waals surface area contributed by atoms with Gasteiger partial charge in [-0.3, -0.25) is 4.90 Å². The Morgan fingerprint density at radius 1 is 1.21 bits per heavy atom. The van der Waals surface area contributed by atoms with E-state index in [0.717, 1.165) is 51.9 Å². The molecule has 2 N–H and O–H groups in total. The van der Waals surface area contributed by atoms with Gasteiger partial charge in [0.05, 0.1) is 19.8 Å². The van der Waals surface area contributed by atoms with Crippen molar-refractivity contribution in [3.8, 4) is 0 Å². The molecule has 29 heavy (non-hydrogen) atoms. The molecule has 1 fully saturated rings. The quantitative estimate of drug-likeness (QED) is 0.309. The maximum absolute atomic E-state index is 5.44. The van der Waals surface area contributed by atoms with Gasteiger partial charge in [-0.15, -0.1) is 24.0 Å². The number of thiophene rings is 1. The van der Waals surface area contributed by atoms with Crippen molar-refractivity contribution in [2.45, 2.75) is 32.9 Å². The number of hydrogen-bond acceptors (Lipinski definition) is 4. The molecule has 3 rings (SSSR count). The van der Waals surface area contributed by atoms with Crippen LogP contribution >= 0.6 is 35.3 Å². The van der Waals surface area contributed by atoms with Gasteiger partial charge in [0.2, 0.25) is 0 Å². The summed E-state index contributed by atoms with van der Waals surface area (Å²) in [7, 11) is 0. The normalized spacial score (nSPS) is 16.1. The molecule has 1 aromatic heterocycles. The SMILES string of the molecule is CCNC(=NCc1cccc(CN2CCOCC2)c1)NCC(C)c1ccsc1.I. The number of nitrogens with zero attached hydrogens (tertiary/aromatic N) is 2. The average Bonchev–Trinajstić information content (AvgIpc) is 3.26. The van der Waals surface area contributed by atoms with Crippen molar-refractivity contribution in [1.82, 2.24) is 15.5 Å². The first-order valence-electron chi connectivity index (χ1n) is 10.2.